The van der Waals surface area contributed by atoms with Gasteiger partial charge in [0.05, 0.1) is 5.69 Å². The fourth-order valence-corrected chi connectivity index (χ4v) is 4.03. The smallest absolute Gasteiger partial charge is 0.262 e. The second-order valence-electron chi connectivity index (χ2n) is 5.55. The van der Waals surface area contributed by atoms with Crippen LogP contribution in [0.4, 0.5) is 5.69 Å². The molecule has 2 heterocycles. The van der Waals surface area contributed by atoms with Crippen molar-refractivity contribution in [2.24, 2.45) is 0 Å². The van der Waals surface area contributed by atoms with Gasteiger partial charge in [0, 0.05) is 31.9 Å². The van der Waals surface area contributed by atoms with Crippen molar-refractivity contribution in [3.8, 4) is 0 Å². The van der Waals surface area contributed by atoms with Gasteiger partial charge in [-0.3, -0.25) is 0 Å². The molecule has 1 aromatic heterocycles. The van der Waals surface area contributed by atoms with Crippen LogP contribution in [0.1, 0.15) is 19.8 Å². The highest BCUT2D eigenvalue weighted by Crippen LogP contribution is 2.26. The maximum atomic E-state index is 12.8. The highest BCUT2D eigenvalue weighted by atomic mass is 32.2. The van der Waals surface area contributed by atoms with Crippen molar-refractivity contribution in [2.75, 3.05) is 39.0 Å². The van der Waals surface area contributed by atoms with E-state index in [2.05, 4.69) is 15.2 Å². The minimum absolute atomic E-state index is 0.137. The van der Waals surface area contributed by atoms with Gasteiger partial charge in [0.2, 0.25) is 0 Å². The lowest BCUT2D eigenvalue weighted by Crippen LogP contribution is -2.35. The van der Waals surface area contributed by atoms with Crippen LogP contribution in [0.3, 0.4) is 0 Å². The second-order valence-corrected chi connectivity index (χ2v) is 7.41. The fourth-order valence-electron chi connectivity index (χ4n) is 2.46. The van der Waals surface area contributed by atoms with Gasteiger partial charge in [0.15, 0.2) is 5.03 Å². The molecule has 0 saturated carbocycles. The van der Waals surface area contributed by atoms with E-state index in [9.17, 15) is 8.42 Å². The molecular formula is C14H24N4O2S. The molecular weight excluding hydrogens is 288 g/mol. The number of rotatable bonds is 6. The topological polar surface area (TPSA) is 65.5 Å². The van der Waals surface area contributed by atoms with Gasteiger partial charge in [0.1, 0.15) is 0 Å². The minimum Gasteiger partial charge on any atom is -0.383 e. The largest absolute Gasteiger partial charge is 0.383 e. The lowest BCUT2D eigenvalue weighted by Gasteiger charge is -2.21. The van der Waals surface area contributed by atoms with Gasteiger partial charge in [-0.05, 0) is 39.1 Å². The summed E-state index contributed by atoms with van der Waals surface area (Å²) in [4.78, 5) is 6.19. The Morgan fingerprint density at radius 2 is 2.24 bits per heavy atom. The zero-order valence-corrected chi connectivity index (χ0v) is 13.7. The van der Waals surface area contributed by atoms with Gasteiger partial charge in [0.25, 0.3) is 10.0 Å². The normalized spacial score (nSPS) is 20.1. The van der Waals surface area contributed by atoms with Gasteiger partial charge in [-0.1, -0.05) is 6.92 Å². The van der Waals surface area contributed by atoms with Gasteiger partial charge in [-0.25, -0.2) is 13.4 Å². The Bertz CT molecular complexity index is 574. The monoisotopic (exact) mass is 312 g/mol. The van der Waals surface area contributed by atoms with E-state index in [1.807, 2.05) is 21.0 Å². The van der Waals surface area contributed by atoms with Gasteiger partial charge >= 0.3 is 0 Å². The van der Waals surface area contributed by atoms with E-state index < -0.39 is 10.0 Å². The van der Waals surface area contributed by atoms with Crippen LogP contribution < -0.4 is 5.32 Å². The van der Waals surface area contributed by atoms with E-state index in [1.54, 1.807) is 12.1 Å². The molecule has 6 nitrogen and oxygen atoms in total. The Kier molecular flexibility index (Phi) is 5.18. The third kappa shape index (κ3) is 3.53. The summed E-state index contributed by atoms with van der Waals surface area (Å²) in [6.07, 6.45) is 3.32. The predicted molar refractivity (Wildman–Crippen MR) is 83.9 cm³/mol. The number of hydrogen-bond donors (Lipinski definition) is 1. The van der Waals surface area contributed by atoms with Crippen molar-refractivity contribution in [1.29, 1.82) is 0 Å². The summed E-state index contributed by atoms with van der Waals surface area (Å²) in [5, 5.41) is 3.28. The number of anilines is 1. The standard InChI is InChI=1S/C14H24N4O2S/c1-4-8-15-13-6-5-9-16-14(13)21(19,20)18-10-7-12(11-18)17(2)3/h5-6,9,12,15H,4,7-8,10-11H2,1-3H3. The van der Waals surface area contributed by atoms with Crippen LogP contribution in [0.15, 0.2) is 23.4 Å². The molecule has 21 heavy (non-hydrogen) atoms. The number of nitrogens with zero attached hydrogens (tertiary/aromatic N) is 3. The summed E-state index contributed by atoms with van der Waals surface area (Å²) in [7, 11) is 0.431. The van der Waals surface area contributed by atoms with Crippen molar-refractivity contribution in [3.05, 3.63) is 18.3 Å². The first-order valence-corrected chi connectivity index (χ1v) is 8.76. The number of aromatic nitrogens is 1. The highest BCUT2D eigenvalue weighted by molar-refractivity contribution is 7.89. The van der Waals surface area contributed by atoms with Crippen LogP contribution in [-0.4, -0.2) is 62.4 Å². The molecule has 0 radical (unpaired) electrons. The number of sulfonamides is 1. The van der Waals surface area contributed by atoms with E-state index in [4.69, 9.17) is 0 Å². The van der Waals surface area contributed by atoms with Gasteiger partial charge < -0.3 is 10.2 Å². The molecule has 1 N–H and O–H groups in total. The molecule has 1 aliphatic rings. The van der Waals surface area contributed by atoms with E-state index in [1.165, 1.54) is 10.5 Å². The molecule has 0 aliphatic carbocycles. The Hall–Kier alpha value is -1.18. The second kappa shape index (κ2) is 6.72. The number of likely N-dealkylation sites (N-methyl/N-ethyl adjacent to an activating group) is 1. The Morgan fingerprint density at radius 1 is 1.48 bits per heavy atom. The quantitative estimate of drug-likeness (QED) is 0.856. The summed E-state index contributed by atoms with van der Waals surface area (Å²) in [5.74, 6) is 0. The molecule has 1 saturated heterocycles. The van der Waals surface area contributed by atoms with E-state index in [-0.39, 0.29) is 11.1 Å². The molecule has 0 amide bonds. The summed E-state index contributed by atoms with van der Waals surface area (Å²) in [6, 6.07) is 3.80. The average molecular weight is 312 g/mol. The zero-order valence-electron chi connectivity index (χ0n) is 12.9. The molecule has 1 aromatic rings. The zero-order chi connectivity index (χ0) is 15.5. The van der Waals surface area contributed by atoms with Crippen LogP contribution >= 0.6 is 0 Å². The van der Waals surface area contributed by atoms with E-state index in [0.29, 0.717) is 18.8 Å². The number of nitrogens with one attached hydrogen (secondary N) is 1. The molecule has 1 aliphatic heterocycles. The summed E-state index contributed by atoms with van der Waals surface area (Å²) < 4.78 is 27.1. The molecule has 2 rings (SSSR count). The van der Waals surface area contributed by atoms with Crippen LogP contribution in [-0.2, 0) is 10.0 Å². The van der Waals surface area contributed by atoms with Crippen molar-refractivity contribution in [1.82, 2.24) is 14.2 Å². The van der Waals surface area contributed by atoms with Crippen molar-refractivity contribution >= 4 is 15.7 Å². The molecule has 1 unspecified atom stereocenters. The minimum atomic E-state index is -3.53. The lowest BCUT2D eigenvalue weighted by molar-refractivity contribution is 0.302. The van der Waals surface area contributed by atoms with Crippen molar-refractivity contribution in [2.45, 2.75) is 30.8 Å². The number of pyridine rings is 1. The van der Waals surface area contributed by atoms with Gasteiger partial charge in [-0.15, -0.1) is 0 Å². The maximum absolute atomic E-state index is 12.8. The summed E-state index contributed by atoms with van der Waals surface area (Å²) in [6.45, 7) is 3.85. The van der Waals surface area contributed by atoms with Crippen LogP contribution in [0, 0.1) is 0 Å². The van der Waals surface area contributed by atoms with Crippen LogP contribution in [0.5, 0.6) is 0 Å². The van der Waals surface area contributed by atoms with Crippen LogP contribution in [0.25, 0.3) is 0 Å². The summed E-state index contributed by atoms with van der Waals surface area (Å²) in [5.41, 5.74) is 0.590. The van der Waals surface area contributed by atoms with Crippen molar-refractivity contribution in [3.63, 3.8) is 0 Å². The number of hydrogen-bond acceptors (Lipinski definition) is 5. The Labute approximate surface area is 127 Å². The van der Waals surface area contributed by atoms with Gasteiger partial charge in [-0.2, -0.15) is 4.31 Å². The molecule has 118 valence electrons. The maximum Gasteiger partial charge on any atom is 0.262 e. The SMILES string of the molecule is CCCNc1cccnc1S(=O)(=O)N1CCC(N(C)C)C1. The van der Waals surface area contributed by atoms with E-state index >= 15 is 0 Å². The van der Waals surface area contributed by atoms with Crippen molar-refractivity contribution < 1.29 is 8.42 Å². The predicted octanol–water partition coefficient (Wildman–Crippen LogP) is 1.23. The molecule has 7 heteroatoms. The molecule has 0 bridgehead atoms. The third-order valence-corrected chi connectivity index (χ3v) is 5.60. The molecule has 0 aromatic carbocycles. The third-order valence-electron chi connectivity index (χ3n) is 3.78. The lowest BCUT2D eigenvalue weighted by atomic mass is 10.2. The highest BCUT2D eigenvalue weighted by Gasteiger charge is 2.35. The average Bonchev–Trinajstić information content (AvgIpc) is 2.96. The first-order valence-electron chi connectivity index (χ1n) is 7.32. The van der Waals surface area contributed by atoms with E-state index in [0.717, 1.165) is 19.4 Å². The molecule has 1 atom stereocenters. The van der Waals surface area contributed by atoms with Crippen LogP contribution in [0.2, 0.25) is 0 Å². The Balaban J connectivity index is 2.24. The molecule has 1 fully saturated rings. The first-order chi connectivity index (χ1) is 9.96. The molecule has 0 spiro atoms. The fraction of sp³-hybridized carbons (Fsp3) is 0.643. The summed E-state index contributed by atoms with van der Waals surface area (Å²) >= 11 is 0. The Morgan fingerprint density at radius 3 is 2.86 bits per heavy atom. The first kappa shape index (κ1) is 16.2.